The Morgan fingerprint density at radius 1 is 0.400 bits per heavy atom. The Balaban J connectivity index is 0. The molecule has 0 nitrogen and oxygen atoms in total. The Bertz CT molecular complexity index is 3.61. The normalized spacial score (nSPS) is 0. The van der Waals surface area contributed by atoms with Crippen molar-refractivity contribution in [3.05, 3.63) is 0 Å². The first-order valence-electron chi connectivity index (χ1n) is 0. The fourth-order valence-corrected chi connectivity index (χ4v) is 0. The average Bonchev–Trinajstić information content (AvgIpc) is 0. The third-order valence-corrected chi connectivity index (χ3v) is 0. The van der Waals surface area contributed by atoms with Gasteiger partial charge in [-0.15, -0.1) is 0 Å². The van der Waals surface area contributed by atoms with Crippen LogP contribution in [0.1, 0.15) is 0 Å². The van der Waals surface area contributed by atoms with Crippen molar-refractivity contribution in [1.82, 2.24) is 0 Å². The van der Waals surface area contributed by atoms with Gasteiger partial charge in [-0.2, -0.15) is 0 Å². The number of hydrogen-bond acceptors (Lipinski definition) is 0. The van der Waals surface area contributed by atoms with Crippen LogP contribution in [-0.4, -0.2) is 0 Å². The first kappa shape index (κ1) is 855. The van der Waals surface area contributed by atoms with Crippen molar-refractivity contribution in [3.63, 3.8) is 0 Å². The third kappa shape index (κ3) is 202. The topological polar surface area (TPSA) is 0 Å². The molecular weight excluding hydrogens is 177 g/mol. The van der Waals surface area contributed by atoms with Crippen LogP contribution in [0.15, 0.2) is 0 Å². The summed E-state index contributed by atoms with van der Waals surface area (Å²) in [6, 6.07) is 0. The van der Waals surface area contributed by atoms with E-state index in [1.54, 1.807) is 0 Å². The maximum Gasteiger partial charge on any atom is 0 e. The van der Waals surface area contributed by atoms with Gasteiger partial charge in [0.2, 0.25) is 0 Å². The monoisotopic (exact) mass is 182 g/mol. The first-order valence-corrected chi connectivity index (χ1v) is 0. The Labute approximate surface area is 39.2 Å². The molecular formula is H4F4Ru. The molecule has 0 spiro atoms. The molecule has 0 N–H and O–H groups in total. The predicted octanol–water partition coefficient (Wildman–Crippen LogP) is 0.607. The molecule has 0 unspecified atom stereocenters. The summed E-state index contributed by atoms with van der Waals surface area (Å²) < 4.78 is 0. The molecule has 40 valence electrons. The van der Waals surface area contributed by atoms with Crippen LogP contribution in [0.25, 0.3) is 0 Å². The van der Waals surface area contributed by atoms with E-state index in [2.05, 4.69) is 0 Å². The minimum atomic E-state index is 0. The van der Waals surface area contributed by atoms with Crippen molar-refractivity contribution in [1.29, 1.82) is 0 Å². The summed E-state index contributed by atoms with van der Waals surface area (Å²) >= 11 is 0. The summed E-state index contributed by atoms with van der Waals surface area (Å²) in [6.45, 7) is 0. The van der Waals surface area contributed by atoms with Gasteiger partial charge in [0, 0.05) is 19.5 Å². The standard InChI is InChI=1S/4FH.Ru/h4*1H;. The van der Waals surface area contributed by atoms with Crippen molar-refractivity contribution < 1.29 is 38.3 Å². The molecule has 0 radical (unpaired) electrons. The van der Waals surface area contributed by atoms with Crippen LogP contribution >= 0.6 is 0 Å². The summed E-state index contributed by atoms with van der Waals surface area (Å²) in [5, 5.41) is 0. The van der Waals surface area contributed by atoms with Gasteiger partial charge in [-0.3, -0.25) is 18.8 Å². The summed E-state index contributed by atoms with van der Waals surface area (Å²) in [4.78, 5) is 0. The van der Waals surface area contributed by atoms with Crippen LogP contribution in [0.2, 0.25) is 0 Å². The molecule has 0 aliphatic rings. The van der Waals surface area contributed by atoms with Crippen LogP contribution in [0.3, 0.4) is 0 Å². The van der Waals surface area contributed by atoms with Gasteiger partial charge in [0.1, 0.15) is 0 Å². The van der Waals surface area contributed by atoms with Gasteiger partial charge in [-0.25, -0.2) is 0 Å². The van der Waals surface area contributed by atoms with Crippen LogP contribution in [-0.2, 0) is 19.5 Å². The minimum absolute atomic E-state index is 0. The smallest absolute Gasteiger partial charge is 0 e. The predicted molar refractivity (Wildman–Crippen MR) is 10.0 cm³/mol. The van der Waals surface area contributed by atoms with Gasteiger partial charge in [-0.1, -0.05) is 0 Å². The number of hydrogen-bond donors (Lipinski definition) is 0. The van der Waals surface area contributed by atoms with Gasteiger partial charge in [-0.05, 0) is 0 Å². The molecule has 0 saturated carbocycles. The molecule has 0 aliphatic heterocycles. The quantitative estimate of drug-likeness (QED) is 0.379. The molecule has 0 aromatic heterocycles. The molecule has 0 rings (SSSR count). The zero-order chi connectivity index (χ0) is 0. The molecule has 0 aliphatic carbocycles. The van der Waals surface area contributed by atoms with Gasteiger partial charge < -0.3 is 0 Å². The van der Waals surface area contributed by atoms with Crippen LogP contribution in [0, 0.1) is 0 Å². The second kappa shape index (κ2) is 412. The van der Waals surface area contributed by atoms with Gasteiger partial charge in [0.05, 0.1) is 0 Å². The van der Waals surface area contributed by atoms with Crippen molar-refractivity contribution in [2.24, 2.45) is 0 Å². The maximum absolute atomic E-state index is 0. The molecule has 0 amide bonds. The van der Waals surface area contributed by atoms with E-state index in [0.717, 1.165) is 0 Å². The molecule has 0 aromatic rings. The molecule has 0 fully saturated rings. The molecule has 0 heterocycles. The SMILES string of the molecule is F.F.F.F.[Ru]. The van der Waals surface area contributed by atoms with Gasteiger partial charge >= 0.3 is 0 Å². The summed E-state index contributed by atoms with van der Waals surface area (Å²) in [7, 11) is 0. The summed E-state index contributed by atoms with van der Waals surface area (Å²) in [6.07, 6.45) is 0. The van der Waals surface area contributed by atoms with Gasteiger partial charge in [0.25, 0.3) is 0 Å². The van der Waals surface area contributed by atoms with E-state index in [1.165, 1.54) is 0 Å². The van der Waals surface area contributed by atoms with Crippen LogP contribution in [0.4, 0.5) is 18.8 Å². The van der Waals surface area contributed by atoms with E-state index in [4.69, 9.17) is 0 Å². The van der Waals surface area contributed by atoms with Gasteiger partial charge in [0.15, 0.2) is 0 Å². The van der Waals surface area contributed by atoms with Crippen molar-refractivity contribution in [2.75, 3.05) is 0 Å². The fraction of sp³-hybridized carbons (Fsp3) is 0. The van der Waals surface area contributed by atoms with Crippen molar-refractivity contribution in [3.8, 4) is 0 Å². The van der Waals surface area contributed by atoms with E-state index in [9.17, 15) is 0 Å². The van der Waals surface area contributed by atoms with E-state index in [-0.39, 0.29) is 38.3 Å². The van der Waals surface area contributed by atoms with E-state index in [1.807, 2.05) is 0 Å². The summed E-state index contributed by atoms with van der Waals surface area (Å²) in [5.74, 6) is 0. The number of halogens is 4. The minimum Gasteiger partial charge on any atom is -0.269 e. The Morgan fingerprint density at radius 2 is 0.400 bits per heavy atom. The Hall–Kier alpha value is 0.343. The third-order valence-electron chi connectivity index (χ3n) is 0. The molecule has 5 heavy (non-hydrogen) atoms. The fourth-order valence-electron chi connectivity index (χ4n) is 0. The average molecular weight is 181 g/mol. The second-order valence-electron chi connectivity index (χ2n) is 0. The molecule has 0 atom stereocenters. The maximum atomic E-state index is 0. The largest absolute Gasteiger partial charge is 0.269 e. The molecule has 0 bridgehead atoms. The Kier molecular flexibility index (Phi) is 70400. The number of rotatable bonds is 0. The summed E-state index contributed by atoms with van der Waals surface area (Å²) in [5.41, 5.74) is 0. The Morgan fingerprint density at radius 3 is 0.400 bits per heavy atom. The van der Waals surface area contributed by atoms with E-state index in [0.29, 0.717) is 0 Å². The van der Waals surface area contributed by atoms with Crippen LogP contribution < -0.4 is 0 Å². The van der Waals surface area contributed by atoms with Crippen LogP contribution in [0.5, 0.6) is 0 Å². The molecule has 0 saturated heterocycles. The van der Waals surface area contributed by atoms with Crippen molar-refractivity contribution in [2.45, 2.75) is 0 Å². The second-order valence-corrected chi connectivity index (χ2v) is 0. The zero-order valence-corrected chi connectivity index (χ0v) is 3.72. The zero-order valence-electron chi connectivity index (χ0n) is 1.99. The molecule has 0 aromatic carbocycles. The van der Waals surface area contributed by atoms with Crippen molar-refractivity contribution >= 4 is 0 Å². The molecule has 5 heteroatoms. The van der Waals surface area contributed by atoms with E-state index < -0.39 is 0 Å². The van der Waals surface area contributed by atoms with E-state index >= 15 is 0 Å². The first-order chi connectivity index (χ1) is 0.